The third kappa shape index (κ3) is 5.21. The highest BCUT2D eigenvalue weighted by molar-refractivity contribution is 7.07. The number of ether oxygens (including phenoxy) is 1. The number of thiophene rings is 1. The first kappa shape index (κ1) is 15.5. The van der Waals surface area contributed by atoms with E-state index in [1.165, 1.54) is 16.7 Å². The number of hydrogen-bond acceptors (Lipinski definition) is 3. The minimum atomic E-state index is 0.650. The van der Waals surface area contributed by atoms with Gasteiger partial charge in [-0.3, -0.25) is 4.99 Å². The lowest BCUT2D eigenvalue weighted by molar-refractivity contribution is 0.185. The van der Waals surface area contributed by atoms with Crippen LogP contribution < -0.4 is 10.6 Å². The molecular weight excluding hydrogens is 282 g/mol. The van der Waals surface area contributed by atoms with Crippen molar-refractivity contribution in [1.29, 1.82) is 0 Å². The number of aliphatic imine (C=N–C) groups is 1. The zero-order chi connectivity index (χ0) is 14.9. The minimum absolute atomic E-state index is 0.650. The SMILES string of the molecule is CN=C(NCc1ccc(COC)cc1)NCc1ccsc1. The van der Waals surface area contributed by atoms with Gasteiger partial charge >= 0.3 is 0 Å². The van der Waals surface area contributed by atoms with Crippen LogP contribution in [0.3, 0.4) is 0 Å². The Morgan fingerprint density at radius 3 is 2.29 bits per heavy atom. The summed E-state index contributed by atoms with van der Waals surface area (Å²) >= 11 is 1.70. The molecule has 0 bridgehead atoms. The van der Waals surface area contributed by atoms with Crippen molar-refractivity contribution in [1.82, 2.24) is 10.6 Å². The van der Waals surface area contributed by atoms with Crippen LogP contribution >= 0.6 is 11.3 Å². The fourth-order valence-corrected chi connectivity index (χ4v) is 2.57. The summed E-state index contributed by atoms with van der Waals surface area (Å²) in [5.41, 5.74) is 3.67. The van der Waals surface area contributed by atoms with Crippen LogP contribution in [0.15, 0.2) is 46.1 Å². The molecule has 0 aliphatic rings. The van der Waals surface area contributed by atoms with Gasteiger partial charge < -0.3 is 15.4 Å². The second kappa shape index (κ2) is 8.44. The molecule has 1 aromatic carbocycles. The van der Waals surface area contributed by atoms with Crippen LogP contribution in [0.2, 0.25) is 0 Å². The van der Waals surface area contributed by atoms with Crippen LogP contribution in [0.5, 0.6) is 0 Å². The summed E-state index contributed by atoms with van der Waals surface area (Å²) in [6, 6.07) is 10.5. The molecule has 1 aromatic heterocycles. The second-order valence-corrected chi connectivity index (χ2v) is 5.44. The van der Waals surface area contributed by atoms with E-state index in [1.54, 1.807) is 25.5 Å². The molecule has 0 unspecified atom stereocenters. The van der Waals surface area contributed by atoms with Crippen molar-refractivity contribution in [3.63, 3.8) is 0 Å². The summed E-state index contributed by atoms with van der Waals surface area (Å²) in [6.45, 7) is 2.18. The number of nitrogens with zero attached hydrogens (tertiary/aromatic N) is 1. The lowest BCUT2D eigenvalue weighted by Gasteiger charge is -2.11. The van der Waals surface area contributed by atoms with Gasteiger partial charge in [0.15, 0.2) is 5.96 Å². The van der Waals surface area contributed by atoms with E-state index >= 15 is 0 Å². The molecule has 0 spiro atoms. The summed E-state index contributed by atoms with van der Waals surface area (Å²) in [5, 5.41) is 10.8. The molecule has 0 atom stereocenters. The first-order valence-corrected chi connectivity index (χ1v) is 7.78. The molecule has 0 aliphatic heterocycles. The molecule has 5 heteroatoms. The molecule has 0 saturated heterocycles. The van der Waals surface area contributed by atoms with Crippen LogP contribution in [0.25, 0.3) is 0 Å². The molecule has 0 saturated carbocycles. The summed E-state index contributed by atoms with van der Waals surface area (Å²) in [5.74, 6) is 0.808. The number of nitrogens with one attached hydrogen (secondary N) is 2. The van der Waals surface area contributed by atoms with E-state index < -0.39 is 0 Å². The normalized spacial score (nSPS) is 11.4. The molecule has 1 heterocycles. The third-order valence-corrected chi connectivity index (χ3v) is 3.79. The van der Waals surface area contributed by atoms with Gasteiger partial charge in [0.1, 0.15) is 0 Å². The molecule has 2 N–H and O–H groups in total. The maximum absolute atomic E-state index is 5.11. The lowest BCUT2D eigenvalue weighted by Crippen LogP contribution is -2.36. The van der Waals surface area contributed by atoms with Gasteiger partial charge in [0, 0.05) is 27.2 Å². The van der Waals surface area contributed by atoms with Crippen LogP contribution in [-0.4, -0.2) is 20.1 Å². The van der Waals surface area contributed by atoms with Gasteiger partial charge in [-0.25, -0.2) is 0 Å². The van der Waals surface area contributed by atoms with Gasteiger partial charge in [0.2, 0.25) is 0 Å². The van der Waals surface area contributed by atoms with Crippen molar-refractivity contribution in [3.05, 3.63) is 57.8 Å². The molecule has 0 amide bonds. The van der Waals surface area contributed by atoms with Gasteiger partial charge in [-0.05, 0) is 33.5 Å². The van der Waals surface area contributed by atoms with Crippen molar-refractivity contribution >= 4 is 17.3 Å². The Kier molecular flexibility index (Phi) is 6.24. The quantitative estimate of drug-likeness (QED) is 0.637. The van der Waals surface area contributed by atoms with E-state index in [0.29, 0.717) is 6.61 Å². The molecule has 2 rings (SSSR count). The van der Waals surface area contributed by atoms with Crippen LogP contribution in [-0.2, 0) is 24.4 Å². The van der Waals surface area contributed by atoms with E-state index in [0.717, 1.165) is 19.0 Å². The molecule has 21 heavy (non-hydrogen) atoms. The summed E-state index contributed by atoms with van der Waals surface area (Å²) < 4.78 is 5.11. The molecule has 112 valence electrons. The smallest absolute Gasteiger partial charge is 0.191 e. The van der Waals surface area contributed by atoms with Crippen LogP contribution in [0.4, 0.5) is 0 Å². The highest BCUT2D eigenvalue weighted by Gasteiger charge is 2.00. The highest BCUT2D eigenvalue weighted by atomic mass is 32.1. The Morgan fingerprint density at radius 1 is 1.05 bits per heavy atom. The Bertz CT molecular complexity index is 549. The lowest BCUT2D eigenvalue weighted by atomic mass is 10.1. The standard InChI is InChI=1S/C16H21N3OS/c1-17-16(19-10-15-7-8-21-12-15)18-9-13-3-5-14(6-4-13)11-20-2/h3-8,12H,9-11H2,1-2H3,(H2,17,18,19). The third-order valence-electron chi connectivity index (χ3n) is 3.06. The Hall–Kier alpha value is -1.85. The molecule has 2 aromatic rings. The number of guanidine groups is 1. The Labute approximate surface area is 129 Å². The van der Waals surface area contributed by atoms with Crippen molar-refractivity contribution < 1.29 is 4.74 Å². The summed E-state index contributed by atoms with van der Waals surface area (Å²) in [7, 11) is 3.49. The highest BCUT2D eigenvalue weighted by Crippen LogP contribution is 2.06. The number of rotatable bonds is 6. The minimum Gasteiger partial charge on any atom is -0.380 e. The zero-order valence-electron chi connectivity index (χ0n) is 12.4. The van der Waals surface area contributed by atoms with E-state index in [4.69, 9.17) is 4.74 Å². The van der Waals surface area contributed by atoms with Crippen molar-refractivity contribution in [2.24, 2.45) is 4.99 Å². The van der Waals surface area contributed by atoms with Gasteiger partial charge in [-0.15, -0.1) is 0 Å². The largest absolute Gasteiger partial charge is 0.380 e. The maximum Gasteiger partial charge on any atom is 0.191 e. The van der Waals surface area contributed by atoms with E-state index in [9.17, 15) is 0 Å². The summed E-state index contributed by atoms with van der Waals surface area (Å²) in [4.78, 5) is 4.23. The Morgan fingerprint density at radius 2 is 1.71 bits per heavy atom. The molecule has 0 fully saturated rings. The van der Waals surface area contributed by atoms with E-state index in [-0.39, 0.29) is 0 Å². The first-order chi connectivity index (χ1) is 10.3. The van der Waals surface area contributed by atoms with E-state index in [1.807, 2.05) is 0 Å². The van der Waals surface area contributed by atoms with Gasteiger partial charge in [-0.1, -0.05) is 24.3 Å². The number of hydrogen-bond donors (Lipinski definition) is 2. The van der Waals surface area contributed by atoms with Gasteiger partial charge in [-0.2, -0.15) is 11.3 Å². The van der Waals surface area contributed by atoms with Gasteiger partial charge in [0.25, 0.3) is 0 Å². The van der Waals surface area contributed by atoms with Gasteiger partial charge in [0.05, 0.1) is 6.61 Å². The number of methoxy groups -OCH3 is 1. The van der Waals surface area contributed by atoms with Crippen LogP contribution in [0, 0.1) is 0 Å². The molecule has 0 radical (unpaired) electrons. The predicted octanol–water partition coefficient (Wildman–Crippen LogP) is 2.76. The molecule has 0 aliphatic carbocycles. The fraction of sp³-hybridized carbons (Fsp3) is 0.312. The maximum atomic E-state index is 5.11. The number of benzene rings is 1. The Balaban J connectivity index is 1.79. The first-order valence-electron chi connectivity index (χ1n) is 6.84. The molecule has 4 nitrogen and oxygen atoms in total. The second-order valence-electron chi connectivity index (χ2n) is 4.66. The summed E-state index contributed by atoms with van der Waals surface area (Å²) in [6.07, 6.45) is 0. The topological polar surface area (TPSA) is 45.7 Å². The monoisotopic (exact) mass is 303 g/mol. The fourth-order valence-electron chi connectivity index (χ4n) is 1.91. The predicted molar refractivity (Wildman–Crippen MR) is 88.5 cm³/mol. The average molecular weight is 303 g/mol. The van der Waals surface area contributed by atoms with Crippen molar-refractivity contribution in [3.8, 4) is 0 Å². The van der Waals surface area contributed by atoms with Crippen LogP contribution in [0.1, 0.15) is 16.7 Å². The van der Waals surface area contributed by atoms with Crippen molar-refractivity contribution in [2.45, 2.75) is 19.7 Å². The van der Waals surface area contributed by atoms with E-state index in [2.05, 4.69) is 56.7 Å². The average Bonchev–Trinajstić information content (AvgIpc) is 3.03. The van der Waals surface area contributed by atoms with Crippen molar-refractivity contribution in [2.75, 3.05) is 14.2 Å². The molecular formula is C16H21N3OS. The zero-order valence-corrected chi connectivity index (χ0v) is 13.2.